The molecule has 2 aromatic carbocycles. The summed E-state index contributed by atoms with van der Waals surface area (Å²) in [6.07, 6.45) is -9.40. The Balaban J connectivity index is 2.14. The molecule has 0 unspecified atom stereocenters. The first-order chi connectivity index (χ1) is 13.0. The van der Waals surface area contributed by atoms with E-state index in [1.165, 1.54) is 12.1 Å². The van der Waals surface area contributed by atoms with Gasteiger partial charge in [0.05, 0.1) is 30.0 Å². The van der Waals surface area contributed by atoms with Gasteiger partial charge < -0.3 is 15.4 Å². The van der Waals surface area contributed by atoms with Gasteiger partial charge in [0.1, 0.15) is 5.75 Å². The van der Waals surface area contributed by atoms with Crippen molar-refractivity contribution in [2.75, 3.05) is 23.8 Å². The van der Waals surface area contributed by atoms with Crippen LogP contribution in [0.3, 0.4) is 0 Å². The molecule has 10 heteroatoms. The minimum Gasteiger partial charge on any atom is -0.494 e. The number of ether oxygens (including phenoxy) is 1. The number of benzene rings is 2. The summed E-state index contributed by atoms with van der Waals surface area (Å²) in [6, 6.07) is 7.46. The molecule has 0 aliphatic heterocycles. The fourth-order valence-electron chi connectivity index (χ4n) is 2.38. The molecular formula is C18H16F6N2O2. The lowest BCUT2D eigenvalue weighted by molar-refractivity contribution is -0.138. The molecule has 0 spiro atoms. The molecule has 2 aromatic rings. The van der Waals surface area contributed by atoms with Gasteiger partial charge in [0.15, 0.2) is 0 Å². The van der Waals surface area contributed by atoms with Crippen molar-refractivity contribution in [2.45, 2.75) is 19.3 Å². The number of para-hydroxylation sites is 1. The number of rotatable bonds is 6. The van der Waals surface area contributed by atoms with Crippen molar-refractivity contribution < 1.29 is 35.9 Å². The average molecular weight is 406 g/mol. The molecule has 0 aliphatic rings. The third kappa shape index (κ3) is 5.54. The Labute approximate surface area is 156 Å². The summed E-state index contributed by atoms with van der Waals surface area (Å²) in [5.41, 5.74) is -2.98. The van der Waals surface area contributed by atoms with E-state index in [2.05, 4.69) is 5.32 Å². The molecule has 0 aromatic heterocycles. The largest absolute Gasteiger partial charge is 0.494 e. The van der Waals surface area contributed by atoms with Crippen molar-refractivity contribution >= 4 is 17.3 Å². The van der Waals surface area contributed by atoms with Gasteiger partial charge >= 0.3 is 12.4 Å². The smallest absolute Gasteiger partial charge is 0.418 e. The summed E-state index contributed by atoms with van der Waals surface area (Å²) in [7, 11) is 0. The molecule has 152 valence electrons. The van der Waals surface area contributed by atoms with E-state index in [9.17, 15) is 31.1 Å². The van der Waals surface area contributed by atoms with Crippen molar-refractivity contribution in [3.05, 3.63) is 53.6 Å². The van der Waals surface area contributed by atoms with E-state index in [1.54, 1.807) is 6.92 Å². The van der Waals surface area contributed by atoms with Crippen molar-refractivity contribution in [2.24, 2.45) is 0 Å². The third-order valence-corrected chi connectivity index (χ3v) is 3.55. The van der Waals surface area contributed by atoms with Gasteiger partial charge in [-0.2, -0.15) is 26.3 Å². The van der Waals surface area contributed by atoms with E-state index in [0.29, 0.717) is 0 Å². The highest BCUT2D eigenvalue weighted by molar-refractivity contribution is 5.94. The van der Waals surface area contributed by atoms with Crippen LogP contribution in [0.5, 0.6) is 5.75 Å². The number of hydrogen-bond donors (Lipinski definition) is 2. The van der Waals surface area contributed by atoms with Crippen LogP contribution in [0.1, 0.15) is 18.1 Å². The number of carbonyl (C=O) groups excluding carboxylic acids is 1. The van der Waals surface area contributed by atoms with Crippen molar-refractivity contribution in [1.82, 2.24) is 0 Å². The third-order valence-electron chi connectivity index (χ3n) is 3.55. The molecule has 0 bridgehead atoms. The second-order valence-electron chi connectivity index (χ2n) is 5.58. The first kappa shape index (κ1) is 21.4. The van der Waals surface area contributed by atoms with E-state index < -0.39 is 47.3 Å². The lowest BCUT2D eigenvalue weighted by Gasteiger charge is -2.17. The van der Waals surface area contributed by atoms with Crippen LogP contribution in [0.2, 0.25) is 0 Å². The number of hydrogen-bond acceptors (Lipinski definition) is 3. The highest BCUT2D eigenvalue weighted by Crippen LogP contribution is 2.37. The number of nitrogens with one attached hydrogen (secondary N) is 2. The molecule has 2 N–H and O–H groups in total. The predicted molar refractivity (Wildman–Crippen MR) is 91.2 cm³/mol. The standard InChI is InChI=1S/C18H16F6N2O2/c1-2-28-11-7-8-14(13(9-11)18(22,23)24)25-10-16(27)26-15-6-4-3-5-12(15)17(19,20)21/h3-9,25H,2,10H2,1H3,(H,26,27). The molecule has 2 rings (SSSR count). The zero-order chi connectivity index (χ0) is 20.9. The molecule has 0 radical (unpaired) electrons. The van der Waals surface area contributed by atoms with Crippen LogP contribution in [-0.4, -0.2) is 19.1 Å². The zero-order valence-electron chi connectivity index (χ0n) is 14.5. The van der Waals surface area contributed by atoms with Gasteiger partial charge in [0.25, 0.3) is 0 Å². The summed E-state index contributed by atoms with van der Waals surface area (Å²) in [6.45, 7) is 1.12. The Kier molecular flexibility index (Phi) is 6.42. The topological polar surface area (TPSA) is 50.4 Å². The normalized spacial score (nSPS) is 11.8. The van der Waals surface area contributed by atoms with Crippen LogP contribution in [0, 0.1) is 0 Å². The van der Waals surface area contributed by atoms with Crippen molar-refractivity contribution in [3.8, 4) is 5.75 Å². The maximum atomic E-state index is 13.2. The van der Waals surface area contributed by atoms with Crippen LogP contribution >= 0.6 is 0 Å². The molecule has 0 fully saturated rings. The summed E-state index contributed by atoms with van der Waals surface area (Å²) >= 11 is 0. The summed E-state index contributed by atoms with van der Waals surface area (Å²) < 4.78 is 83.4. The van der Waals surface area contributed by atoms with Crippen LogP contribution in [0.4, 0.5) is 37.7 Å². The summed E-state index contributed by atoms with van der Waals surface area (Å²) in [5.74, 6) is -0.928. The van der Waals surface area contributed by atoms with Gasteiger partial charge in [-0.1, -0.05) is 12.1 Å². The zero-order valence-corrected chi connectivity index (χ0v) is 14.5. The van der Waals surface area contributed by atoms with Gasteiger partial charge in [0, 0.05) is 5.69 Å². The first-order valence-corrected chi connectivity index (χ1v) is 8.06. The maximum absolute atomic E-state index is 13.2. The lowest BCUT2D eigenvalue weighted by atomic mass is 10.1. The predicted octanol–water partition coefficient (Wildman–Crippen LogP) is 5.17. The van der Waals surface area contributed by atoms with Crippen molar-refractivity contribution in [1.29, 1.82) is 0 Å². The number of anilines is 2. The number of carbonyl (C=O) groups is 1. The van der Waals surface area contributed by atoms with Gasteiger partial charge in [-0.05, 0) is 37.3 Å². The van der Waals surface area contributed by atoms with Gasteiger partial charge in [-0.25, -0.2) is 0 Å². The van der Waals surface area contributed by atoms with Crippen LogP contribution in [0.25, 0.3) is 0 Å². The fraction of sp³-hybridized carbons (Fsp3) is 0.278. The summed E-state index contributed by atoms with van der Waals surface area (Å²) in [4.78, 5) is 11.9. The Morgan fingerprint density at radius 1 is 0.929 bits per heavy atom. The Morgan fingerprint density at radius 3 is 2.18 bits per heavy atom. The van der Waals surface area contributed by atoms with Crippen molar-refractivity contribution in [3.63, 3.8) is 0 Å². The quantitative estimate of drug-likeness (QED) is 0.651. The molecule has 28 heavy (non-hydrogen) atoms. The van der Waals surface area contributed by atoms with E-state index >= 15 is 0 Å². The monoisotopic (exact) mass is 406 g/mol. The molecule has 0 atom stereocenters. The lowest BCUT2D eigenvalue weighted by Crippen LogP contribution is -2.24. The SMILES string of the molecule is CCOc1ccc(NCC(=O)Nc2ccccc2C(F)(F)F)c(C(F)(F)F)c1. The second-order valence-corrected chi connectivity index (χ2v) is 5.58. The van der Waals surface area contributed by atoms with Gasteiger partial charge in [0.2, 0.25) is 5.91 Å². The molecule has 0 heterocycles. The van der Waals surface area contributed by atoms with E-state index in [0.717, 1.165) is 30.3 Å². The minimum atomic E-state index is -4.71. The Hall–Kier alpha value is -2.91. The second kappa shape index (κ2) is 8.41. The van der Waals surface area contributed by atoms with E-state index in [-0.39, 0.29) is 12.4 Å². The highest BCUT2D eigenvalue weighted by atomic mass is 19.4. The molecule has 4 nitrogen and oxygen atoms in total. The fourth-order valence-corrected chi connectivity index (χ4v) is 2.38. The van der Waals surface area contributed by atoms with E-state index in [4.69, 9.17) is 4.74 Å². The van der Waals surface area contributed by atoms with Crippen LogP contribution in [0.15, 0.2) is 42.5 Å². The van der Waals surface area contributed by atoms with Gasteiger partial charge in [-0.15, -0.1) is 0 Å². The molecule has 0 aliphatic carbocycles. The summed E-state index contributed by atoms with van der Waals surface area (Å²) in [5, 5.41) is 4.35. The Morgan fingerprint density at radius 2 is 1.57 bits per heavy atom. The van der Waals surface area contributed by atoms with Gasteiger partial charge in [-0.3, -0.25) is 4.79 Å². The molecule has 0 saturated carbocycles. The first-order valence-electron chi connectivity index (χ1n) is 8.06. The van der Waals surface area contributed by atoms with Crippen LogP contribution < -0.4 is 15.4 Å². The average Bonchev–Trinajstić information content (AvgIpc) is 2.59. The molecule has 1 amide bonds. The molecular weight excluding hydrogens is 390 g/mol. The molecule has 0 saturated heterocycles. The van der Waals surface area contributed by atoms with E-state index in [1.807, 2.05) is 5.32 Å². The Bertz CT molecular complexity index is 834. The van der Waals surface area contributed by atoms with Crippen LogP contribution in [-0.2, 0) is 17.1 Å². The minimum absolute atomic E-state index is 0.00364. The number of amides is 1. The maximum Gasteiger partial charge on any atom is 0.418 e. The number of alkyl halides is 6. The number of halogens is 6. The highest BCUT2D eigenvalue weighted by Gasteiger charge is 2.35.